The normalized spacial score (nSPS) is 12.3. The summed E-state index contributed by atoms with van der Waals surface area (Å²) in [7, 11) is -1.52. The van der Waals surface area contributed by atoms with Crippen molar-refractivity contribution in [3.8, 4) is 0 Å². The van der Waals surface area contributed by atoms with E-state index in [4.69, 9.17) is 0 Å². The van der Waals surface area contributed by atoms with Crippen LogP contribution >= 0.6 is 16.3 Å². The van der Waals surface area contributed by atoms with E-state index in [9.17, 15) is 0 Å². The van der Waals surface area contributed by atoms with E-state index >= 15 is 0 Å². The third-order valence-corrected chi connectivity index (χ3v) is 10.5. The average Bonchev–Trinajstić information content (AvgIpc) is 2.83. The molecule has 31 heavy (non-hydrogen) atoms. The van der Waals surface area contributed by atoms with E-state index in [0.29, 0.717) is 6.04 Å². The number of nitrogens with zero attached hydrogens (tertiary/aromatic N) is 1. The minimum absolute atomic E-state index is 0.356. The molecule has 0 aliphatic heterocycles. The lowest BCUT2D eigenvalue weighted by Crippen LogP contribution is -2.34. The molecule has 0 radical (unpaired) electrons. The molecule has 0 aromatic heterocycles. The predicted octanol–water partition coefficient (Wildman–Crippen LogP) is 6.49. The molecule has 4 heteroatoms. The number of hydrogen-bond acceptors (Lipinski definition) is 2. The number of benzene rings is 4. The Balaban J connectivity index is 1.85. The van der Waals surface area contributed by atoms with Gasteiger partial charge >= 0.3 is 0 Å². The number of rotatable bonds is 8. The van der Waals surface area contributed by atoms with E-state index in [1.54, 1.807) is 0 Å². The zero-order valence-electron chi connectivity index (χ0n) is 18.0. The Labute approximate surface area is 188 Å². The molecule has 0 bridgehead atoms. The average molecular weight is 442 g/mol. The molecule has 4 aromatic carbocycles. The minimum atomic E-state index is -0.809. The minimum Gasteiger partial charge on any atom is -0.348 e. The molecule has 0 aliphatic carbocycles. The largest absolute Gasteiger partial charge is 0.348 e. The van der Waals surface area contributed by atoms with Crippen molar-refractivity contribution in [2.75, 3.05) is 5.09 Å². The molecule has 1 atom stereocenters. The van der Waals surface area contributed by atoms with E-state index in [1.807, 2.05) is 0 Å². The van der Waals surface area contributed by atoms with Crippen molar-refractivity contribution in [1.82, 2.24) is 4.44 Å². The summed E-state index contributed by atoms with van der Waals surface area (Å²) in [6, 6.07) is 43.7. The van der Waals surface area contributed by atoms with Gasteiger partial charge in [0.2, 0.25) is 0 Å². The van der Waals surface area contributed by atoms with Crippen LogP contribution in [0.3, 0.4) is 0 Å². The molecule has 0 fully saturated rings. The lowest BCUT2D eigenvalue weighted by atomic mass is 10.3. The summed E-state index contributed by atoms with van der Waals surface area (Å²) in [4.78, 5) is 0. The first-order valence-corrected chi connectivity index (χ1v) is 13.2. The molecule has 0 heterocycles. The van der Waals surface area contributed by atoms with Gasteiger partial charge in [-0.25, -0.2) is 4.44 Å². The van der Waals surface area contributed by atoms with Gasteiger partial charge < -0.3 is 5.09 Å². The van der Waals surface area contributed by atoms with Crippen molar-refractivity contribution in [2.24, 2.45) is 0 Å². The highest BCUT2D eigenvalue weighted by Gasteiger charge is 2.32. The Kier molecular flexibility index (Phi) is 7.49. The monoisotopic (exact) mass is 442 g/mol. The van der Waals surface area contributed by atoms with Gasteiger partial charge in [-0.2, -0.15) is 0 Å². The van der Waals surface area contributed by atoms with Gasteiger partial charge in [-0.15, -0.1) is 0 Å². The number of hydrogen-bond donors (Lipinski definition) is 1. The van der Waals surface area contributed by atoms with Gasteiger partial charge in [-0.3, -0.25) is 0 Å². The molecule has 0 saturated heterocycles. The highest BCUT2D eigenvalue weighted by Crippen LogP contribution is 2.56. The molecule has 156 valence electrons. The SMILES string of the molecule is CC(C)N(P(Nc1ccccc1)c1ccccc1)P(c1ccccc1)c1ccccc1. The first kappa shape index (κ1) is 21.7. The van der Waals surface area contributed by atoms with Crippen LogP contribution in [0.1, 0.15) is 13.8 Å². The predicted molar refractivity (Wildman–Crippen MR) is 139 cm³/mol. The summed E-state index contributed by atoms with van der Waals surface area (Å²) >= 11 is 0. The number of para-hydroxylation sites is 1. The van der Waals surface area contributed by atoms with Crippen LogP contribution in [0.2, 0.25) is 0 Å². The maximum Gasteiger partial charge on any atom is 0.102 e. The van der Waals surface area contributed by atoms with Crippen LogP contribution < -0.4 is 21.0 Å². The standard InChI is InChI=1S/C27H28N2P2/c1-23(2)29(30(25-17-9-4-10-18-25)26-19-11-5-12-20-26)31(27-21-13-6-14-22-27)28-24-15-7-3-8-16-24/h3-23,28H,1-2H3. The molecule has 1 unspecified atom stereocenters. The third kappa shape index (κ3) is 5.41. The second-order valence-corrected chi connectivity index (χ2v) is 11.7. The Hall–Kier alpha value is -2.50. The Morgan fingerprint density at radius 2 is 0.935 bits per heavy atom. The molecule has 2 nitrogen and oxygen atoms in total. The second kappa shape index (κ2) is 10.7. The van der Waals surface area contributed by atoms with Gasteiger partial charge in [0, 0.05) is 25.1 Å². The summed E-state index contributed by atoms with van der Waals surface area (Å²) in [5.74, 6) is 0. The van der Waals surface area contributed by atoms with Crippen LogP contribution in [0.4, 0.5) is 5.69 Å². The Morgan fingerprint density at radius 1 is 0.548 bits per heavy atom. The molecule has 4 rings (SSSR count). The smallest absolute Gasteiger partial charge is 0.102 e. The van der Waals surface area contributed by atoms with Crippen molar-refractivity contribution in [3.63, 3.8) is 0 Å². The van der Waals surface area contributed by atoms with Crippen LogP contribution in [0.25, 0.3) is 0 Å². The molecule has 0 aliphatic rings. The maximum atomic E-state index is 3.90. The fourth-order valence-corrected chi connectivity index (χ4v) is 9.21. The van der Waals surface area contributed by atoms with Gasteiger partial charge in [0.25, 0.3) is 0 Å². The zero-order valence-corrected chi connectivity index (χ0v) is 19.8. The highest BCUT2D eigenvalue weighted by molar-refractivity contribution is 7.82. The molecular weight excluding hydrogens is 414 g/mol. The molecular formula is C27H28N2P2. The van der Waals surface area contributed by atoms with Crippen molar-refractivity contribution in [1.29, 1.82) is 0 Å². The fourth-order valence-electron chi connectivity index (χ4n) is 3.51. The van der Waals surface area contributed by atoms with E-state index in [2.05, 4.69) is 145 Å². The van der Waals surface area contributed by atoms with Crippen LogP contribution in [0.5, 0.6) is 0 Å². The third-order valence-electron chi connectivity index (χ3n) is 4.88. The highest BCUT2D eigenvalue weighted by atomic mass is 31.2. The van der Waals surface area contributed by atoms with Gasteiger partial charge in [0.15, 0.2) is 0 Å². The summed E-state index contributed by atoms with van der Waals surface area (Å²) in [5.41, 5.74) is 1.15. The zero-order chi connectivity index (χ0) is 21.5. The van der Waals surface area contributed by atoms with E-state index in [0.717, 1.165) is 5.69 Å². The van der Waals surface area contributed by atoms with E-state index < -0.39 is 16.3 Å². The van der Waals surface area contributed by atoms with Gasteiger partial charge in [-0.05, 0) is 36.6 Å². The van der Waals surface area contributed by atoms with Crippen molar-refractivity contribution >= 4 is 37.9 Å². The fraction of sp³-hybridized carbons (Fsp3) is 0.111. The Bertz CT molecular complexity index is 1000. The molecule has 0 amide bonds. The van der Waals surface area contributed by atoms with Gasteiger partial charge in [0.05, 0.1) is 0 Å². The molecule has 1 N–H and O–H groups in total. The number of nitrogens with one attached hydrogen (secondary N) is 1. The molecule has 0 spiro atoms. The second-order valence-electron chi connectivity index (χ2n) is 7.52. The quantitative estimate of drug-likeness (QED) is 0.314. The summed E-state index contributed by atoms with van der Waals surface area (Å²) in [6.45, 7) is 4.62. The summed E-state index contributed by atoms with van der Waals surface area (Å²) < 4.78 is 2.71. The van der Waals surface area contributed by atoms with Crippen LogP contribution in [-0.4, -0.2) is 10.5 Å². The first-order chi connectivity index (χ1) is 15.2. The molecule has 0 saturated carbocycles. The van der Waals surface area contributed by atoms with Crippen molar-refractivity contribution in [2.45, 2.75) is 19.9 Å². The summed E-state index contributed by atoms with van der Waals surface area (Å²) in [5, 5.41) is 7.97. The van der Waals surface area contributed by atoms with Crippen molar-refractivity contribution < 1.29 is 0 Å². The maximum absolute atomic E-state index is 3.90. The van der Waals surface area contributed by atoms with Crippen LogP contribution in [-0.2, 0) is 0 Å². The van der Waals surface area contributed by atoms with Crippen LogP contribution in [0, 0.1) is 0 Å². The molecule has 4 aromatic rings. The Morgan fingerprint density at radius 3 is 1.35 bits per heavy atom. The van der Waals surface area contributed by atoms with Crippen molar-refractivity contribution in [3.05, 3.63) is 121 Å². The van der Waals surface area contributed by atoms with Crippen LogP contribution in [0.15, 0.2) is 121 Å². The summed E-state index contributed by atoms with van der Waals surface area (Å²) in [6.07, 6.45) is 0. The van der Waals surface area contributed by atoms with E-state index in [1.165, 1.54) is 15.9 Å². The van der Waals surface area contributed by atoms with Gasteiger partial charge in [0.1, 0.15) is 8.22 Å². The topological polar surface area (TPSA) is 15.3 Å². The van der Waals surface area contributed by atoms with Gasteiger partial charge in [-0.1, -0.05) is 109 Å². The number of anilines is 1. The lowest BCUT2D eigenvalue weighted by molar-refractivity contribution is 0.582. The first-order valence-electron chi connectivity index (χ1n) is 10.6. The lowest BCUT2D eigenvalue weighted by Gasteiger charge is -2.41. The van der Waals surface area contributed by atoms with E-state index in [-0.39, 0.29) is 0 Å².